The fourth-order valence-electron chi connectivity index (χ4n) is 4.82. The lowest BCUT2D eigenvalue weighted by Gasteiger charge is -2.34. The summed E-state index contributed by atoms with van der Waals surface area (Å²) in [6.45, 7) is 0.657. The number of rotatable bonds is 7. The molecule has 2 aliphatic heterocycles. The number of amides is 1. The van der Waals surface area contributed by atoms with Crippen molar-refractivity contribution in [1.29, 1.82) is 0 Å². The molecule has 0 spiro atoms. The topological polar surface area (TPSA) is 79.8 Å². The molecule has 2 aliphatic rings. The second-order valence-corrected chi connectivity index (χ2v) is 9.91. The smallest absolute Gasteiger partial charge is 0.261 e. The quantitative estimate of drug-likeness (QED) is 0.450. The number of hydrogen-bond acceptors (Lipinski definition) is 7. The van der Waals surface area contributed by atoms with E-state index in [0.29, 0.717) is 54.2 Å². The Hall–Kier alpha value is -3.31. The normalized spacial score (nSPS) is 19.5. The highest BCUT2D eigenvalue weighted by Gasteiger charge is 2.39. The first-order chi connectivity index (χ1) is 18.2. The zero-order chi connectivity index (χ0) is 26.9. The van der Waals surface area contributed by atoms with Crippen molar-refractivity contribution in [2.24, 2.45) is 0 Å². The number of halogens is 4. The number of methoxy groups -OCH3 is 1. The number of benzene rings is 2. The van der Waals surface area contributed by atoms with E-state index in [1.165, 1.54) is 24.4 Å². The molecule has 0 aliphatic carbocycles. The Kier molecular flexibility index (Phi) is 7.49. The molecule has 2 aromatic carbocycles. The Balaban J connectivity index is 1.34. The van der Waals surface area contributed by atoms with E-state index >= 15 is 0 Å². The minimum absolute atomic E-state index is 0.0195. The van der Waals surface area contributed by atoms with Crippen molar-refractivity contribution < 1.29 is 27.4 Å². The number of nitrogens with zero attached hydrogens (tertiary/aromatic N) is 4. The van der Waals surface area contributed by atoms with Gasteiger partial charge in [0.15, 0.2) is 17.3 Å². The molecule has 1 aromatic heterocycles. The van der Waals surface area contributed by atoms with E-state index in [9.17, 15) is 18.0 Å². The number of aromatic nitrogens is 2. The molecular formula is C26H27ClF3N5O3. The summed E-state index contributed by atoms with van der Waals surface area (Å²) in [5.74, 6) is -2.31. The summed E-state index contributed by atoms with van der Waals surface area (Å²) in [4.78, 5) is 24.6. The molecular weight excluding hydrogens is 523 g/mol. The monoisotopic (exact) mass is 549 g/mol. The number of piperidine rings is 1. The van der Waals surface area contributed by atoms with Crippen molar-refractivity contribution in [3.05, 3.63) is 47.5 Å². The Labute approximate surface area is 222 Å². The maximum absolute atomic E-state index is 14.5. The number of alkyl halides is 2. The van der Waals surface area contributed by atoms with Gasteiger partial charge in [0, 0.05) is 31.0 Å². The van der Waals surface area contributed by atoms with Gasteiger partial charge in [-0.15, -0.1) is 0 Å². The Morgan fingerprint density at radius 2 is 2.08 bits per heavy atom. The number of carbonyl (C=O) groups is 1. The molecule has 1 atom stereocenters. The largest absolute Gasteiger partial charge is 0.493 e. The number of ether oxygens (including phenoxy) is 2. The molecule has 0 bridgehead atoms. The number of fused-ring (bicyclic) bond motifs is 1. The SMILES string of the molecule is COc1cc2ncnc(Nc3cccc(Cl)c3F)c2cc1OC1CCCN(C(=O)CN2CCC(F)(F)C2)C1. The van der Waals surface area contributed by atoms with Crippen LogP contribution in [0.25, 0.3) is 10.9 Å². The van der Waals surface area contributed by atoms with E-state index in [4.69, 9.17) is 21.1 Å². The van der Waals surface area contributed by atoms with Crippen LogP contribution in [0.15, 0.2) is 36.7 Å². The predicted molar refractivity (Wildman–Crippen MR) is 137 cm³/mol. The molecule has 0 radical (unpaired) electrons. The van der Waals surface area contributed by atoms with Crippen molar-refractivity contribution in [2.45, 2.75) is 31.3 Å². The number of likely N-dealkylation sites (tertiary alicyclic amines) is 2. The molecule has 202 valence electrons. The van der Waals surface area contributed by atoms with Crippen LogP contribution < -0.4 is 14.8 Å². The second-order valence-electron chi connectivity index (χ2n) is 9.51. The highest BCUT2D eigenvalue weighted by atomic mass is 35.5. The third-order valence-corrected chi connectivity index (χ3v) is 7.05. The van der Waals surface area contributed by atoms with E-state index in [1.54, 1.807) is 29.2 Å². The maximum Gasteiger partial charge on any atom is 0.261 e. The average Bonchev–Trinajstić information content (AvgIpc) is 3.24. The third kappa shape index (κ3) is 5.73. The van der Waals surface area contributed by atoms with Gasteiger partial charge in [0.25, 0.3) is 5.92 Å². The molecule has 3 heterocycles. The predicted octanol–water partition coefficient (Wildman–Crippen LogP) is 4.89. The van der Waals surface area contributed by atoms with Crippen molar-refractivity contribution in [2.75, 3.05) is 45.2 Å². The van der Waals surface area contributed by atoms with Crippen LogP contribution in [-0.2, 0) is 4.79 Å². The highest BCUT2D eigenvalue weighted by Crippen LogP contribution is 2.37. The standard InChI is InChI=1S/C26H27ClF3N5O3/c1-37-21-11-20-17(25(32-15-31-20)33-19-6-2-5-18(27)24(19)28)10-22(21)38-16-4-3-8-35(12-16)23(36)13-34-9-7-26(29,30)14-34/h2,5-6,10-11,15-16H,3-4,7-9,12-14H2,1H3,(H,31,32,33). The first-order valence-electron chi connectivity index (χ1n) is 12.3. The molecule has 38 heavy (non-hydrogen) atoms. The molecule has 12 heteroatoms. The first kappa shape index (κ1) is 26.3. The number of carbonyl (C=O) groups excluding carboxylic acids is 1. The lowest BCUT2D eigenvalue weighted by Crippen LogP contribution is -2.48. The zero-order valence-corrected chi connectivity index (χ0v) is 21.5. The number of hydrogen-bond donors (Lipinski definition) is 1. The van der Waals surface area contributed by atoms with Gasteiger partial charge in [-0.05, 0) is 31.0 Å². The van der Waals surface area contributed by atoms with Crippen LogP contribution in [0.2, 0.25) is 5.02 Å². The van der Waals surface area contributed by atoms with E-state index in [2.05, 4.69) is 15.3 Å². The molecule has 0 saturated carbocycles. The molecule has 1 N–H and O–H groups in total. The third-order valence-electron chi connectivity index (χ3n) is 6.76. The minimum atomic E-state index is -2.74. The zero-order valence-electron chi connectivity index (χ0n) is 20.7. The highest BCUT2D eigenvalue weighted by molar-refractivity contribution is 6.31. The summed E-state index contributed by atoms with van der Waals surface area (Å²) < 4.78 is 53.4. The van der Waals surface area contributed by atoms with Crippen molar-refractivity contribution in [3.8, 4) is 11.5 Å². The Morgan fingerprint density at radius 3 is 2.84 bits per heavy atom. The first-order valence-corrected chi connectivity index (χ1v) is 12.7. The van der Waals surface area contributed by atoms with Crippen LogP contribution in [0.3, 0.4) is 0 Å². The average molecular weight is 550 g/mol. The van der Waals surface area contributed by atoms with Crippen LogP contribution in [0, 0.1) is 5.82 Å². The van der Waals surface area contributed by atoms with Crippen molar-refractivity contribution >= 4 is 39.9 Å². The van der Waals surface area contributed by atoms with E-state index < -0.39 is 18.3 Å². The molecule has 1 amide bonds. The van der Waals surface area contributed by atoms with Gasteiger partial charge in [0.2, 0.25) is 5.91 Å². The summed E-state index contributed by atoms with van der Waals surface area (Å²) in [5, 5.41) is 3.52. The van der Waals surface area contributed by atoms with Gasteiger partial charge in [-0.2, -0.15) is 0 Å². The minimum Gasteiger partial charge on any atom is -0.493 e. The van der Waals surface area contributed by atoms with Crippen LogP contribution in [0.1, 0.15) is 19.3 Å². The molecule has 8 nitrogen and oxygen atoms in total. The van der Waals surface area contributed by atoms with Gasteiger partial charge in [0.1, 0.15) is 18.2 Å². The second kappa shape index (κ2) is 10.8. The summed E-state index contributed by atoms with van der Waals surface area (Å²) in [5.41, 5.74) is 0.713. The van der Waals surface area contributed by atoms with E-state index in [1.807, 2.05) is 0 Å². The fourth-order valence-corrected chi connectivity index (χ4v) is 4.99. The molecule has 5 rings (SSSR count). The van der Waals surface area contributed by atoms with Gasteiger partial charge in [0.05, 0.1) is 43.0 Å². The maximum atomic E-state index is 14.5. The molecule has 1 unspecified atom stereocenters. The van der Waals surface area contributed by atoms with Crippen molar-refractivity contribution in [3.63, 3.8) is 0 Å². The lowest BCUT2D eigenvalue weighted by molar-refractivity contribution is -0.135. The van der Waals surface area contributed by atoms with Crippen LogP contribution in [0.5, 0.6) is 11.5 Å². The van der Waals surface area contributed by atoms with Crippen LogP contribution in [0.4, 0.5) is 24.7 Å². The Bertz CT molecular complexity index is 1340. The van der Waals surface area contributed by atoms with Crippen molar-refractivity contribution in [1.82, 2.24) is 19.8 Å². The molecule has 3 aromatic rings. The summed E-state index contributed by atoms with van der Waals surface area (Å²) in [7, 11) is 1.51. The fraction of sp³-hybridized carbons (Fsp3) is 0.423. The lowest BCUT2D eigenvalue weighted by atomic mass is 10.1. The van der Waals surface area contributed by atoms with Gasteiger partial charge in [-0.3, -0.25) is 9.69 Å². The van der Waals surface area contributed by atoms with Gasteiger partial charge >= 0.3 is 0 Å². The van der Waals surface area contributed by atoms with Gasteiger partial charge in [-0.25, -0.2) is 23.1 Å². The van der Waals surface area contributed by atoms with Gasteiger partial charge in [-0.1, -0.05) is 17.7 Å². The molecule has 2 saturated heterocycles. The summed E-state index contributed by atoms with van der Waals surface area (Å²) in [6, 6.07) is 8.04. The van der Waals surface area contributed by atoms with Crippen LogP contribution in [-0.4, -0.2) is 77.5 Å². The van der Waals surface area contributed by atoms with E-state index in [0.717, 1.165) is 0 Å². The number of anilines is 2. The summed E-state index contributed by atoms with van der Waals surface area (Å²) in [6.07, 6.45) is 2.22. The molecule has 2 fully saturated rings. The summed E-state index contributed by atoms with van der Waals surface area (Å²) >= 11 is 5.92. The van der Waals surface area contributed by atoms with E-state index in [-0.39, 0.29) is 42.2 Å². The Morgan fingerprint density at radius 1 is 1.24 bits per heavy atom. The van der Waals surface area contributed by atoms with Gasteiger partial charge < -0.3 is 19.7 Å². The number of nitrogens with one attached hydrogen (secondary N) is 1. The van der Waals surface area contributed by atoms with Crippen LogP contribution >= 0.6 is 11.6 Å².